The lowest BCUT2D eigenvalue weighted by Crippen LogP contribution is -2.29. The smallest absolute Gasteiger partial charge is 0.258 e. The second kappa shape index (κ2) is 7.44. The molecule has 6 nitrogen and oxygen atoms in total. The normalized spacial score (nSPS) is 11.7. The fourth-order valence-corrected chi connectivity index (χ4v) is 5.32. The molecule has 0 saturated carbocycles. The first kappa shape index (κ1) is 17.7. The molecular weight excluding hydrogens is 380 g/mol. The molecule has 0 aliphatic rings. The number of rotatable bonds is 7. The second-order valence-electron chi connectivity index (χ2n) is 5.19. The van der Waals surface area contributed by atoms with E-state index in [1.807, 2.05) is 35.0 Å². The highest BCUT2D eigenvalue weighted by molar-refractivity contribution is 7.89. The Bertz CT molecular complexity index is 915. The minimum Gasteiger partial charge on any atom is -0.258 e. The maximum atomic E-state index is 13.1. The van der Waals surface area contributed by atoms with Gasteiger partial charge in [-0.2, -0.15) is 4.31 Å². The van der Waals surface area contributed by atoms with E-state index in [0.717, 1.165) is 15.8 Å². The van der Waals surface area contributed by atoms with E-state index in [4.69, 9.17) is 0 Å². The van der Waals surface area contributed by atoms with Crippen molar-refractivity contribution in [2.24, 2.45) is 0 Å². The van der Waals surface area contributed by atoms with E-state index in [1.165, 1.54) is 45.2 Å². The maximum Gasteiger partial charge on any atom is 0.270 e. The summed E-state index contributed by atoms with van der Waals surface area (Å²) in [5, 5.41) is 14.7. The van der Waals surface area contributed by atoms with Crippen LogP contribution in [0.3, 0.4) is 0 Å². The highest BCUT2D eigenvalue weighted by Gasteiger charge is 2.27. The Morgan fingerprint density at radius 3 is 2.04 bits per heavy atom. The third kappa shape index (κ3) is 4.13. The van der Waals surface area contributed by atoms with Gasteiger partial charge in [0.15, 0.2) is 0 Å². The summed E-state index contributed by atoms with van der Waals surface area (Å²) in [6.45, 7) is 0.446. The fourth-order valence-electron chi connectivity index (χ4n) is 2.29. The van der Waals surface area contributed by atoms with Gasteiger partial charge in [-0.15, -0.1) is 22.7 Å². The van der Waals surface area contributed by atoms with Gasteiger partial charge in [-0.3, -0.25) is 10.1 Å². The van der Waals surface area contributed by atoms with Gasteiger partial charge < -0.3 is 0 Å². The van der Waals surface area contributed by atoms with E-state index in [-0.39, 0.29) is 23.7 Å². The van der Waals surface area contributed by atoms with Crippen LogP contribution in [0.25, 0.3) is 0 Å². The molecule has 0 radical (unpaired) electrons. The van der Waals surface area contributed by atoms with Crippen LogP contribution in [0, 0.1) is 10.1 Å². The Hall–Kier alpha value is -2.07. The number of hydrogen-bond donors (Lipinski definition) is 0. The molecular formula is C16H14N2O4S3. The van der Waals surface area contributed by atoms with Crippen LogP contribution in [0.1, 0.15) is 9.75 Å². The fraction of sp³-hybridized carbons (Fsp3) is 0.125. The highest BCUT2D eigenvalue weighted by Crippen LogP contribution is 2.26. The Morgan fingerprint density at radius 2 is 1.56 bits per heavy atom. The first-order valence-electron chi connectivity index (χ1n) is 7.26. The van der Waals surface area contributed by atoms with Gasteiger partial charge in [-0.1, -0.05) is 18.2 Å². The summed E-state index contributed by atoms with van der Waals surface area (Å²) >= 11 is 2.94. The Morgan fingerprint density at radius 1 is 0.960 bits per heavy atom. The van der Waals surface area contributed by atoms with Crippen molar-refractivity contribution in [3.8, 4) is 0 Å². The van der Waals surface area contributed by atoms with E-state index in [0.29, 0.717) is 0 Å². The van der Waals surface area contributed by atoms with E-state index >= 15 is 0 Å². The molecule has 3 rings (SSSR count). The molecule has 3 aromatic rings. The number of hydrogen-bond acceptors (Lipinski definition) is 6. The molecule has 0 aliphatic heterocycles. The van der Waals surface area contributed by atoms with Gasteiger partial charge in [0.2, 0.25) is 10.0 Å². The van der Waals surface area contributed by atoms with Crippen molar-refractivity contribution in [1.29, 1.82) is 0 Å². The molecule has 0 fully saturated rings. The Kier molecular flexibility index (Phi) is 5.28. The number of nitro benzene ring substituents is 1. The first-order valence-corrected chi connectivity index (χ1v) is 10.5. The molecule has 0 amide bonds. The maximum absolute atomic E-state index is 13.1. The number of thiophene rings is 2. The lowest BCUT2D eigenvalue weighted by Gasteiger charge is -2.21. The largest absolute Gasteiger partial charge is 0.270 e. The molecule has 0 spiro atoms. The number of benzene rings is 1. The Labute approximate surface area is 153 Å². The van der Waals surface area contributed by atoms with E-state index in [1.54, 1.807) is 0 Å². The van der Waals surface area contributed by atoms with Crippen LogP contribution in [0.4, 0.5) is 5.69 Å². The molecule has 0 N–H and O–H groups in total. The van der Waals surface area contributed by atoms with Gasteiger partial charge in [0.1, 0.15) is 0 Å². The summed E-state index contributed by atoms with van der Waals surface area (Å²) in [5.74, 6) is 0. The molecule has 0 atom stereocenters. The van der Waals surface area contributed by atoms with Crippen LogP contribution in [-0.4, -0.2) is 17.6 Å². The minimum atomic E-state index is -3.87. The van der Waals surface area contributed by atoms with Gasteiger partial charge in [-0.05, 0) is 29.0 Å². The molecule has 0 aliphatic carbocycles. The number of sulfonamides is 1. The van der Waals surface area contributed by atoms with Crippen molar-refractivity contribution >= 4 is 38.4 Å². The van der Waals surface area contributed by atoms with Gasteiger partial charge >= 0.3 is 0 Å². The molecule has 0 unspecified atom stereocenters. The second-order valence-corrected chi connectivity index (χ2v) is 9.19. The first-order chi connectivity index (χ1) is 12.0. The third-order valence-corrected chi connectivity index (χ3v) is 7.00. The molecule has 0 bridgehead atoms. The summed E-state index contributed by atoms with van der Waals surface area (Å²) in [4.78, 5) is 12.1. The molecule has 1 aromatic carbocycles. The molecule has 0 saturated heterocycles. The molecule has 2 aromatic heterocycles. The van der Waals surface area contributed by atoms with Crippen molar-refractivity contribution < 1.29 is 13.3 Å². The van der Waals surface area contributed by atoms with Crippen LogP contribution in [0.15, 0.2) is 64.2 Å². The van der Waals surface area contributed by atoms with Crippen molar-refractivity contribution in [3.05, 3.63) is 79.2 Å². The SMILES string of the molecule is O=[N+]([O-])c1cccc(S(=O)(=O)N(Cc2cccs2)Cc2cccs2)c1. The number of nitrogens with zero attached hydrogens (tertiary/aromatic N) is 2. The van der Waals surface area contributed by atoms with Crippen LogP contribution in [0.2, 0.25) is 0 Å². The highest BCUT2D eigenvalue weighted by atomic mass is 32.2. The Balaban J connectivity index is 1.97. The van der Waals surface area contributed by atoms with Crippen molar-refractivity contribution in [3.63, 3.8) is 0 Å². The average molecular weight is 394 g/mol. The standard InChI is InChI=1S/C16H14N2O4S3/c19-18(20)13-4-1-7-16(10-13)25(21,22)17(11-14-5-2-8-23-14)12-15-6-3-9-24-15/h1-10H,11-12H2. The van der Waals surface area contributed by atoms with Crippen molar-refractivity contribution in [1.82, 2.24) is 4.31 Å². The summed E-state index contributed by atoms with van der Waals surface area (Å²) < 4.78 is 27.5. The summed E-state index contributed by atoms with van der Waals surface area (Å²) in [5.41, 5.74) is -0.242. The average Bonchev–Trinajstić information content (AvgIpc) is 3.28. The van der Waals surface area contributed by atoms with Crippen LogP contribution in [0.5, 0.6) is 0 Å². The van der Waals surface area contributed by atoms with Crippen LogP contribution in [-0.2, 0) is 23.1 Å². The van der Waals surface area contributed by atoms with Gasteiger partial charge in [0.05, 0.1) is 9.82 Å². The lowest BCUT2D eigenvalue weighted by atomic mass is 10.3. The monoisotopic (exact) mass is 394 g/mol. The van der Waals surface area contributed by atoms with E-state index in [2.05, 4.69) is 0 Å². The lowest BCUT2D eigenvalue weighted by molar-refractivity contribution is -0.385. The van der Waals surface area contributed by atoms with Crippen LogP contribution < -0.4 is 0 Å². The third-order valence-electron chi connectivity index (χ3n) is 3.49. The molecule has 9 heteroatoms. The zero-order valence-electron chi connectivity index (χ0n) is 12.9. The topological polar surface area (TPSA) is 80.5 Å². The van der Waals surface area contributed by atoms with E-state index < -0.39 is 14.9 Å². The summed E-state index contributed by atoms with van der Waals surface area (Å²) in [6, 6.07) is 12.6. The van der Waals surface area contributed by atoms with Crippen molar-refractivity contribution in [2.45, 2.75) is 18.0 Å². The summed E-state index contributed by atoms with van der Waals surface area (Å²) in [6.07, 6.45) is 0. The predicted octanol–water partition coefficient (Wildman–Crippen LogP) is 4.11. The van der Waals surface area contributed by atoms with E-state index in [9.17, 15) is 18.5 Å². The van der Waals surface area contributed by atoms with Crippen LogP contribution >= 0.6 is 22.7 Å². The zero-order chi connectivity index (χ0) is 17.9. The zero-order valence-corrected chi connectivity index (χ0v) is 15.4. The summed E-state index contributed by atoms with van der Waals surface area (Å²) in [7, 11) is -3.87. The van der Waals surface area contributed by atoms with Gasteiger partial charge in [0, 0.05) is 35.0 Å². The molecule has 130 valence electrons. The van der Waals surface area contributed by atoms with Gasteiger partial charge in [0.25, 0.3) is 5.69 Å². The quantitative estimate of drug-likeness (QED) is 0.446. The minimum absolute atomic E-state index is 0.0742. The predicted molar refractivity (Wildman–Crippen MR) is 98.2 cm³/mol. The molecule has 2 heterocycles. The van der Waals surface area contributed by atoms with Gasteiger partial charge in [-0.25, -0.2) is 8.42 Å². The number of nitro groups is 1. The van der Waals surface area contributed by atoms with Crippen molar-refractivity contribution in [2.75, 3.05) is 0 Å². The molecule has 25 heavy (non-hydrogen) atoms. The number of non-ortho nitro benzene ring substituents is 1.